The molecule has 2 aromatic carbocycles. The Morgan fingerprint density at radius 1 is 0.938 bits per heavy atom. The summed E-state index contributed by atoms with van der Waals surface area (Å²) in [6, 6.07) is 8.85. The first-order chi connectivity index (χ1) is 15.2. The summed E-state index contributed by atoms with van der Waals surface area (Å²) < 4.78 is 26.6. The van der Waals surface area contributed by atoms with E-state index in [-0.39, 0.29) is 49.1 Å². The highest BCUT2D eigenvalue weighted by atomic mass is 35.5. The van der Waals surface area contributed by atoms with E-state index in [1.165, 1.54) is 11.0 Å². The molecule has 0 aliphatic carbocycles. The van der Waals surface area contributed by atoms with Gasteiger partial charge in [-0.1, -0.05) is 37.6 Å². The molecule has 3 amide bonds. The average Bonchev–Trinajstić information content (AvgIpc) is 2.78. The molecule has 0 saturated carbocycles. The van der Waals surface area contributed by atoms with E-state index in [1.807, 2.05) is 13.8 Å². The molecule has 1 aliphatic heterocycles. The third kappa shape index (κ3) is 5.24. The van der Waals surface area contributed by atoms with E-state index in [9.17, 15) is 23.2 Å². The van der Waals surface area contributed by atoms with Crippen LogP contribution in [0.5, 0.6) is 0 Å². The number of carbonyl (C=O) groups excluding carboxylic acids is 3. The zero-order valence-electron chi connectivity index (χ0n) is 17.8. The van der Waals surface area contributed by atoms with Gasteiger partial charge in [0.1, 0.15) is 6.04 Å². The molecule has 1 heterocycles. The van der Waals surface area contributed by atoms with Gasteiger partial charge in [-0.05, 0) is 36.2 Å². The number of rotatable bonds is 5. The standard InChI is InChI=1S/C23H24ClF2N3O3/c1-14(2)20(27-21(30)16-5-3-4-6-17(16)24)23(32)29-11-9-28(10-12-29)22(31)15-7-8-18(25)19(26)13-15/h3-8,13-14,20H,9-12H2,1-2H3,(H,27,30). The van der Waals surface area contributed by atoms with E-state index >= 15 is 0 Å². The largest absolute Gasteiger partial charge is 0.340 e. The van der Waals surface area contributed by atoms with Gasteiger partial charge in [0.15, 0.2) is 11.6 Å². The van der Waals surface area contributed by atoms with E-state index in [0.29, 0.717) is 5.02 Å². The molecule has 1 aliphatic rings. The van der Waals surface area contributed by atoms with Crippen molar-refractivity contribution in [1.29, 1.82) is 0 Å². The van der Waals surface area contributed by atoms with Crippen molar-refractivity contribution >= 4 is 29.3 Å². The van der Waals surface area contributed by atoms with Gasteiger partial charge in [0.2, 0.25) is 5.91 Å². The third-order valence-corrected chi connectivity index (χ3v) is 5.71. The Bertz CT molecular complexity index is 1020. The first-order valence-corrected chi connectivity index (χ1v) is 10.7. The van der Waals surface area contributed by atoms with Crippen LogP contribution < -0.4 is 5.32 Å². The number of nitrogens with one attached hydrogen (secondary N) is 1. The van der Waals surface area contributed by atoms with Gasteiger partial charge in [0, 0.05) is 31.7 Å². The van der Waals surface area contributed by atoms with Crippen molar-refractivity contribution in [3.05, 3.63) is 70.2 Å². The molecule has 0 spiro atoms. The van der Waals surface area contributed by atoms with Crippen LogP contribution in [0.4, 0.5) is 8.78 Å². The highest BCUT2D eigenvalue weighted by Crippen LogP contribution is 2.17. The maximum atomic E-state index is 13.4. The van der Waals surface area contributed by atoms with Crippen LogP contribution >= 0.6 is 11.6 Å². The zero-order valence-corrected chi connectivity index (χ0v) is 18.5. The van der Waals surface area contributed by atoms with Crippen LogP contribution in [0.25, 0.3) is 0 Å². The summed E-state index contributed by atoms with van der Waals surface area (Å²) in [5, 5.41) is 3.07. The molecule has 2 aromatic rings. The van der Waals surface area contributed by atoms with Gasteiger partial charge in [-0.2, -0.15) is 0 Å². The number of amides is 3. The van der Waals surface area contributed by atoms with Gasteiger partial charge in [-0.15, -0.1) is 0 Å². The number of hydrogen-bond acceptors (Lipinski definition) is 3. The summed E-state index contributed by atoms with van der Waals surface area (Å²) in [6.45, 7) is 4.68. The van der Waals surface area contributed by atoms with Crippen LogP contribution in [0.1, 0.15) is 34.6 Å². The van der Waals surface area contributed by atoms with Crippen LogP contribution in [-0.4, -0.2) is 59.7 Å². The molecule has 32 heavy (non-hydrogen) atoms. The van der Waals surface area contributed by atoms with E-state index < -0.39 is 29.5 Å². The molecule has 6 nitrogen and oxygen atoms in total. The number of halogens is 3. The summed E-state index contributed by atoms with van der Waals surface area (Å²) in [5.41, 5.74) is 0.338. The van der Waals surface area contributed by atoms with Gasteiger partial charge in [-0.3, -0.25) is 14.4 Å². The van der Waals surface area contributed by atoms with Crippen molar-refractivity contribution in [1.82, 2.24) is 15.1 Å². The van der Waals surface area contributed by atoms with Gasteiger partial charge in [-0.25, -0.2) is 8.78 Å². The molecule has 9 heteroatoms. The number of hydrogen-bond donors (Lipinski definition) is 1. The fourth-order valence-electron chi connectivity index (χ4n) is 3.52. The molecule has 170 valence electrons. The van der Waals surface area contributed by atoms with Crippen LogP contribution in [0.15, 0.2) is 42.5 Å². The molecule has 0 radical (unpaired) electrons. The van der Waals surface area contributed by atoms with Gasteiger partial charge in [0.25, 0.3) is 11.8 Å². The molecule has 1 fully saturated rings. The van der Waals surface area contributed by atoms with Crippen molar-refractivity contribution in [2.45, 2.75) is 19.9 Å². The third-order valence-electron chi connectivity index (χ3n) is 5.38. The maximum absolute atomic E-state index is 13.4. The smallest absolute Gasteiger partial charge is 0.254 e. The number of piperazine rings is 1. The van der Waals surface area contributed by atoms with Crippen molar-refractivity contribution in [3.63, 3.8) is 0 Å². The quantitative estimate of drug-likeness (QED) is 0.739. The maximum Gasteiger partial charge on any atom is 0.254 e. The fraction of sp³-hybridized carbons (Fsp3) is 0.348. The predicted molar refractivity (Wildman–Crippen MR) is 116 cm³/mol. The Balaban J connectivity index is 1.63. The highest BCUT2D eigenvalue weighted by Gasteiger charge is 2.32. The lowest BCUT2D eigenvalue weighted by Crippen LogP contribution is -2.57. The van der Waals surface area contributed by atoms with Crippen LogP contribution in [0.3, 0.4) is 0 Å². The summed E-state index contributed by atoms with van der Waals surface area (Å²) in [5.74, 6) is -3.39. The Morgan fingerprint density at radius 2 is 1.56 bits per heavy atom. The lowest BCUT2D eigenvalue weighted by molar-refractivity contribution is -0.135. The number of carbonyl (C=O) groups is 3. The first kappa shape index (κ1) is 23.7. The summed E-state index contributed by atoms with van der Waals surface area (Å²) in [7, 11) is 0. The normalized spacial score (nSPS) is 14.9. The van der Waals surface area contributed by atoms with Crippen LogP contribution in [0, 0.1) is 17.6 Å². The Labute approximate surface area is 190 Å². The van der Waals surface area contributed by atoms with Gasteiger partial charge < -0.3 is 15.1 Å². The summed E-state index contributed by atoms with van der Waals surface area (Å²) >= 11 is 6.09. The monoisotopic (exact) mass is 463 g/mol. The highest BCUT2D eigenvalue weighted by molar-refractivity contribution is 6.33. The fourth-order valence-corrected chi connectivity index (χ4v) is 3.74. The SMILES string of the molecule is CC(C)C(NC(=O)c1ccccc1Cl)C(=O)N1CCN(C(=O)c2ccc(F)c(F)c2)CC1. The second-order valence-corrected chi connectivity index (χ2v) is 8.33. The molecule has 1 N–H and O–H groups in total. The minimum Gasteiger partial charge on any atom is -0.340 e. The Hall–Kier alpha value is -3.00. The lowest BCUT2D eigenvalue weighted by Gasteiger charge is -2.37. The average molecular weight is 464 g/mol. The topological polar surface area (TPSA) is 69.7 Å². The van der Waals surface area contributed by atoms with E-state index in [0.717, 1.165) is 12.1 Å². The van der Waals surface area contributed by atoms with E-state index in [4.69, 9.17) is 11.6 Å². The number of nitrogens with zero attached hydrogens (tertiary/aromatic N) is 2. The molecule has 1 atom stereocenters. The van der Waals surface area contributed by atoms with Crippen molar-refractivity contribution in [2.24, 2.45) is 5.92 Å². The van der Waals surface area contributed by atoms with E-state index in [2.05, 4.69) is 5.32 Å². The predicted octanol–water partition coefficient (Wildman–Crippen LogP) is 3.36. The van der Waals surface area contributed by atoms with Crippen molar-refractivity contribution in [3.8, 4) is 0 Å². The molecule has 0 bridgehead atoms. The Kier molecular flexibility index (Phi) is 7.45. The van der Waals surface area contributed by atoms with Gasteiger partial charge >= 0.3 is 0 Å². The molecular formula is C23H24ClF2N3O3. The van der Waals surface area contributed by atoms with E-state index in [1.54, 1.807) is 29.2 Å². The minimum atomic E-state index is -1.08. The molecule has 3 rings (SSSR count). The van der Waals surface area contributed by atoms with Crippen molar-refractivity contribution < 1.29 is 23.2 Å². The molecule has 1 unspecified atom stereocenters. The number of benzene rings is 2. The lowest BCUT2D eigenvalue weighted by atomic mass is 10.0. The second-order valence-electron chi connectivity index (χ2n) is 7.92. The Morgan fingerprint density at radius 3 is 2.16 bits per heavy atom. The second kappa shape index (κ2) is 10.1. The molecule has 0 aromatic heterocycles. The first-order valence-electron chi connectivity index (χ1n) is 10.3. The summed E-state index contributed by atoms with van der Waals surface area (Å²) in [6.07, 6.45) is 0. The van der Waals surface area contributed by atoms with Gasteiger partial charge in [0.05, 0.1) is 10.6 Å². The molecular weight excluding hydrogens is 440 g/mol. The minimum absolute atomic E-state index is 0.0516. The zero-order chi connectivity index (χ0) is 23.4. The van der Waals surface area contributed by atoms with Crippen molar-refractivity contribution in [2.75, 3.05) is 26.2 Å². The van der Waals surface area contributed by atoms with Crippen LogP contribution in [0.2, 0.25) is 5.02 Å². The summed E-state index contributed by atoms with van der Waals surface area (Å²) in [4.78, 5) is 41.4. The van der Waals surface area contributed by atoms with Crippen LogP contribution in [-0.2, 0) is 4.79 Å². The molecule has 1 saturated heterocycles.